The summed E-state index contributed by atoms with van der Waals surface area (Å²) >= 11 is 1.57. The van der Waals surface area contributed by atoms with Crippen LogP contribution in [0.1, 0.15) is 21.8 Å². The van der Waals surface area contributed by atoms with Gasteiger partial charge in [-0.1, -0.05) is 0 Å². The van der Waals surface area contributed by atoms with Crippen molar-refractivity contribution in [1.82, 2.24) is 25.1 Å². The van der Waals surface area contributed by atoms with Crippen LogP contribution in [0.3, 0.4) is 0 Å². The van der Waals surface area contributed by atoms with Gasteiger partial charge in [-0.2, -0.15) is 5.10 Å². The first-order valence-electron chi connectivity index (χ1n) is 6.71. The predicted octanol–water partition coefficient (Wildman–Crippen LogP) is 1.62. The highest BCUT2D eigenvalue weighted by Crippen LogP contribution is 2.25. The van der Waals surface area contributed by atoms with Crippen LogP contribution in [0.5, 0.6) is 0 Å². The van der Waals surface area contributed by atoms with E-state index < -0.39 is 0 Å². The zero-order valence-electron chi connectivity index (χ0n) is 12.2. The van der Waals surface area contributed by atoms with Crippen LogP contribution in [0.4, 0.5) is 0 Å². The van der Waals surface area contributed by atoms with Crippen molar-refractivity contribution in [2.24, 2.45) is 7.05 Å². The van der Waals surface area contributed by atoms with E-state index in [0.717, 1.165) is 20.8 Å². The van der Waals surface area contributed by atoms with Crippen LogP contribution in [0, 0.1) is 13.8 Å². The summed E-state index contributed by atoms with van der Waals surface area (Å²) < 4.78 is 1.76. The van der Waals surface area contributed by atoms with Crippen LogP contribution in [0.15, 0.2) is 17.2 Å². The number of H-pyrrole nitrogens is 1. The lowest BCUT2D eigenvalue weighted by Crippen LogP contribution is -2.19. The third-order valence-corrected chi connectivity index (χ3v) is 4.57. The van der Waals surface area contributed by atoms with E-state index in [9.17, 15) is 4.79 Å². The van der Waals surface area contributed by atoms with Crippen molar-refractivity contribution in [2.75, 3.05) is 0 Å². The van der Waals surface area contributed by atoms with Gasteiger partial charge in [0.15, 0.2) is 0 Å². The summed E-state index contributed by atoms with van der Waals surface area (Å²) in [5.74, 6) is 0.664. The minimum atomic E-state index is -0.0555. The van der Waals surface area contributed by atoms with Crippen molar-refractivity contribution < 1.29 is 0 Å². The van der Waals surface area contributed by atoms with Crippen LogP contribution < -0.4 is 10.9 Å². The Balaban J connectivity index is 1.77. The van der Waals surface area contributed by atoms with E-state index in [4.69, 9.17) is 0 Å². The topological polar surface area (TPSA) is 75.6 Å². The molecule has 0 unspecified atom stereocenters. The van der Waals surface area contributed by atoms with Gasteiger partial charge in [0.2, 0.25) is 0 Å². The van der Waals surface area contributed by atoms with Crippen LogP contribution in [0.25, 0.3) is 10.2 Å². The molecule has 3 aromatic rings. The quantitative estimate of drug-likeness (QED) is 0.768. The fraction of sp³-hybridized carbons (Fsp3) is 0.357. The van der Waals surface area contributed by atoms with E-state index in [1.165, 1.54) is 0 Å². The number of aryl methyl sites for hydroxylation is 3. The van der Waals surface area contributed by atoms with Gasteiger partial charge in [-0.25, -0.2) is 4.98 Å². The first kappa shape index (κ1) is 14.0. The Morgan fingerprint density at radius 1 is 1.38 bits per heavy atom. The van der Waals surface area contributed by atoms with Gasteiger partial charge in [0.1, 0.15) is 10.7 Å². The monoisotopic (exact) mass is 303 g/mol. The molecule has 0 aliphatic heterocycles. The fourth-order valence-corrected chi connectivity index (χ4v) is 3.32. The normalized spacial score (nSPS) is 11.4. The molecule has 2 N–H and O–H groups in total. The predicted molar refractivity (Wildman–Crippen MR) is 83.5 cm³/mol. The maximum Gasteiger partial charge on any atom is 0.259 e. The zero-order valence-corrected chi connectivity index (χ0v) is 13.0. The minimum absolute atomic E-state index is 0.0555. The van der Waals surface area contributed by atoms with Crippen molar-refractivity contribution >= 4 is 21.6 Å². The molecule has 6 nitrogen and oxygen atoms in total. The third kappa shape index (κ3) is 2.74. The lowest BCUT2D eigenvalue weighted by atomic mass is 10.2. The maximum absolute atomic E-state index is 12.1. The molecule has 110 valence electrons. The summed E-state index contributed by atoms with van der Waals surface area (Å²) in [6, 6.07) is 0. The van der Waals surface area contributed by atoms with Gasteiger partial charge in [0, 0.05) is 30.2 Å². The number of hydrogen-bond acceptors (Lipinski definition) is 5. The Morgan fingerprint density at radius 3 is 2.90 bits per heavy atom. The molecule has 3 heterocycles. The summed E-state index contributed by atoms with van der Waals surface area (Å²) in [5, 5.41) is 8.09. The molecule has 3 aromatic heterocycles. The van der Waals surface area contributed by atoms with Gasteiger partial charge < -0.3 is 10.3 Å². The van der Waals surface area contributed by atoms with Gasteiger partial charge in [-0.3, -0.25) is 9.48 Å². The van der Waals surface area contributed by atoms with Gasteiger partial charge >= 0.3 is 0 Å². The average Bonchev–Trinajstić information content (AvgIpc) is 2.95. The molecule has 0 amide bonds. The summed E-state index contributed by atoms with van der Waals surface area (Å²) in [7, 11) is 1.89. The number of fused-ring (bicyclic) bond motifs is 1. The van der Waals surface area contributed by atoms with E-state index in [1.807, 2.05) is 33.3 Å². The Kier molecular flexibility index (Phi) is 3.60. The van der Waals surface area contributed by atoms with E-state index in [2.05, 4.69) is 20.4 Å². The molecule has 0 aromatic carbocycles. The second kappa shape index (κ2) is 5.42. The Morgan fingerprint density at radius 2 is 2.19 bits per heavy atom. The Hall–Kier alpha value is -1.99. The Labute approximate surface area is 125 Å². The fourth-order valence-electron chi connectivity index (χ4n) is 2.27. The molecule has 0 radical (unpaired) electrons. The van der Waals surface area contributed by atoms with Gasteiger partial charge in [-0.05, 0) is 19.4 Å². The number of thiophene rings is 1. The number of aromatic amines is 1. The smallest absolute Gasteiger partial charge is 0.259 e. The summed E-state index contributed by atoms with van der Waals surface area (Å²) in [6.45, 7) is 5.20. The van der Waals surface area contributed by atoms with Gasteiger partial charge in [0.25, 0.3) is 5.56 Å². The van der Waals surface area contributed by atoms with Crippen molar-refractivity contribution in [3.8, 4) is 0 Å². The minimum Gasteiger partial charge on any atom is -0.309 e. The number of hydrogen-bond donors (Lipinski definition) is 2. The van der Waals surface area contributed by atoms with Crippen LogP contribution >= 0.6 is 11.3 Å². The standard InChI is InChI=1S/C14H17N5OS/c1-8-9(2)21-14-12(8)13(20)17-11(18-14)6-15-4-10-5-16-19(3)7-10/h5,7,15H,4,6H2,1-3H3,(H,17,18,20). The van der Waals surface area contributed by atoms with Gasteiger partial charge in [-0.15, -0.1) is 11.3 Å². The second-order valence-corrected chi connectivity index (χ2v) is 6.31. The van der Waals surface area contributed by atoms with Crippen LogP contribution in [0.2, 0.25) is 0 Å². The highest BCUT2D eigenvalue weighted by Gasteiger charge is 2.11. The molecule has 0 bridgehead atoms. The highest BCUT2D eigenvalue weighted by molar-refractivity contribution is 7.18. The van der Waals surface area contributed by atoms with Crippen molar-refractivity contribution in [2.45, 2.75) is 26.9 Å². The molecule has 0 saturated heterocycles. The molecule has 21 heavy (non-hydrogen) atoms. The van der Waals surface area contributed by atoms with Gasteiger partial charge in [0.05, 0.1) is 18.1 Å². The summed E-state index contributed by atoms with van der Waals surface area (Å²) in [6.07, 6.45) is 3.77. The molecule has 0 saturated carbocycles. The molecule has 0 aliphatic rings. The molecular formula is C14H17N5OS. The SMILES string of the molecule is Cc1sc2nc(CNCc3cnn(C)c3)[nH]c(=O)c2c1C. The second-order valence-electron chi connectivity index (χ2n) is 5.10. The van der Waals surface area contributed by atoms with E-state index in [-0.39, 0.29) is 5.56 Å². The number of aromatic nitrogens is 4. The van der Waals surface area contributed by atoms with Crippen LogP contribution in [-0.2, 0) is 20.1 Å². The zero-order chi connectivity index (χ0) is 15.0. The van der Waals surface area contributed by atoms with Crippen LogP contribution in [-0.4, -0.2) is 19.7 Å². The molecular weight excluding hydrogens is 286 g/mol. The first-order valence-corrected chi connectivity index (χ1v) is 7.53. The molecule has 0 atom stereocenters. The number of nitrogens with one attached hydrogen (secondary N) is 2. The molecule has 7 heteroatoms. The summed E-state index contributed by atoms with van der Waals surface area (Å²) in [4.78, 5) is 21.5. The Bertz CT molecular complexity index is 845. The maximum atomic E-state index is 12.1. The first-order chi connectivity index (χ1) is 10.0. The van der Waals surface area contributed by atoms with E-state index in [1.54, 1.807) is 16.0 Å². The largest absolute Gasteiger partial charge is 0.309 e. The van der Waals surface area contributed by atoms with E-state index >= 15 is 0 Å². The lowest BCUT2D eigenvalue weighted by molar-refractivity contribution is 0.662. The number of nitrogens with zero attached hydrogens (tertiary/aromatic N) is 3. The van der Waals surface area contributed by atoms with Crippen molar-refractivity contribution in [1.29, 1.82) is 0 Å². The molecule has 3 rings (SSSR count). The molecule has 0 spiro atoms. The van der Waals surface area contributed by atoms with E-state index in [0.29, 0.717) is 24.3 Å². The molecule has 0 fully saturated rings. The third-order valence-electron chi connectivity index (χ3n) is 3.47. The van der Waals surface area contributed by atoms with Crippen molar-refractivity contribution in [3.05, 3.63) is 44.6 Å². The molecule has 0 aliphatic carbocycles. The highest BCUT2D eigenvalue weighted by atomic mass is 32.1. The number of rotatable bonds is 4. The average molecular weight is 303 g/mol. The van der Waals surface area contributed by atoms with Crippen molar-refractivity contribution in [3.63, 3.8) is 0 Å². The lowest BCUT2D eigenvalue weighted by Gasteiger charge is -2.03. The summed E-state index contributed by atoms with van der Waals surface area (Å²) in [5.41, 5.74) is 2.07.